The predicted octanol–water partition coefficient (Wildman–Crippen LogP) is 2.67. The van der Waals surface area contributed by atoms with Crippen LogP contribution in [0.5, 0.6) is 0 Å². The van der Waals surface area contributed by atoms with Crippen molar-refractivity contribution in [1.82, 2.24) is 9.88 Å². The lowest BCUT2D eigenvalue weighted by molar-refractivity contribution is -0.116. The molecule has 0 aliphatic rings. The molecule has 2 N–H and O–H groups in total. The van der Waals surface area contributed by atoms with Gasteiger partial charge >= 0.3 is 0 Å². The summed E-state index contributed by atoms with van der Waals surface area (Å²) in [5.74, 6) is -0.0585. The number of benzene rings is 1. The molecule has 1 aromatic carbocycles. The van der Waals surface area contributed by atoms with Crippen LogP contribution in [-0.2, 0) is 14.8 Å². The number of nitrogens with zero attached hydrogens (tertiary/aromatic N) is 1. The Hall–Kier alpha value is -1.71. The molecule has 0 saturated carbocycles. The summed E-state index contributed by atoms with van der Waals surface area (Å²) in [5.41, 5.74) is 1.89. The molecule has 130 valence electrons. The summed E-state index contributed by atoms with van der Waals surface area (Å²) in [6.07, 6.45) is 0.0120. The van der Waals surface area contributed by atoms with Crippen LogP contribution in [0, 0.1) is 20.8 Å². The van der Waals surface area contributed by atoms with Gasteiger partial charge < -0.3 is 9.84 Å². The Balaban J connectivity index is 1.93. The molecular weight excluding hydrogens is 398 g/mol. The number of nitrogens with one attached hydrogen (secondary N) is 2. The monoisotopic (exact) mass is 415 g/mol. The Bertz CT molecular complexity index is 842. The predicted molar refractivity (Wildman–Crippen MR) is 93.3 cm³/mol. The van der Waals surface area contributed by atoms with E-state index in [1.807, 2.05) is 19.1 Å². The topological polar surface area (TPSA) is 101 Å². The number of aryl methyl sites for hydroxylation is 3. The zero-order valence-corrected chi connectivity index (χ0v) is 15.9. The Morgan fingerprint density at radius 1 is 1.29 bits per heavy atom. The molecule has 1 heterocycles. The third-order valence-corrected chi connectivity index (χ3v) is 5.54. The van der Waals surface area contributed by atoms with Crippen LogP contribution in [0.2, 0.25) is 0 Å². The van der Waals surface area contributed by atoms with Crippen molar-refractivity contribution in [2.45, 2.75) is 32.1 Å². The number of sulfonamides is 1. The van der Waals surface area contributed by atoms with Crippen molar-refractivity contribution >= 4 is 37.5 Å². The van der Waals surface area contributed by atoms with E-state index in [1.54, 1.807) is 13.0 Å². The van der Waals surface area contributed by atoms with Gasteiger partial charge in [-0.3, -0.25) is 4.79 Å². The van der Waals surface area contributed by atoms with Gasteiger partial charge in [-0.15, -0.1) is 0 Å². The van der Waals surface area contributed by atoms with E-state index in [4.69, 9.17) is 4.52 Å². The lowest BCUT2D eigenvalue weighted by atomic mass is 10.2. The Labute approximate surface area is 149 Å². The van der Waals surface area contributed by atoms with Crippen LogP contribution < -0.4 is 10.0 Å². The molecule has 0 aliphatic carbocycles. The fraction of sp³-hybridized carbons (Fsp3) is 0.333. The first-order valence-electron chi connectivity index (χ1n) is 7.19. The molecule has 0 spiro atoms. The second-order valence-electron chi connectivity index (χ2n) is 5.31. The molecule has 1 amide bonds. The SMILES string of the molecule is Cc1cc(Br)ccc1NC(=O)CCNS(=O)(=O)c1c(C)noc1C. The first kappa shape index (κ1) is 18.6. The van der Waals surface area contributed by atoms with Crippen molar-refractivity contribution < 1.29 is 17.7 Å². The molecule has 0 fully saturated rings. The third-order valence-electron chi connectivity index (χ3n) is 3.34. The fourth-order valence-electron chi connectivity index (χ4n) is 2.21. The summed E-state index contributed by atoms with van der Waals surface area (Å²) in [6, 6.07) is 5.49. The van der Waals surface area contributed by atoms with Gasteiger partial charge in [-0.25, -0.2) is 13.1 Å². The minimum Gasteiger partial charge on any atom is -0.360 e. The van der Waals surface area contributed by atoms with Crippen LogP contribution in [0.3, 0.4) is 0 Å². The number of aromatic nitrogens is 1. The van der Waals surface area contributed by atoms with Crippen molar-refractivity contribution in [3.8, 4) is 0 Å². The molecule has 0 unspecified atom stereocenters. The van der Waals surface area contributed by atoms with E-state index in [-0.39, 0.29) is 35.2 Å². The van der Waals surface area contributed by atoms with Gasteiger partial charge in [0.25, 0.3) is 0 Å². The lowest BCUT2D eigenvalue weighted by Gasteiger charge is -2.09. The summed E-state index contributed by atoms with van der Waals surface area (Å²) in [7, 11) is -3.75. The molecule has 0 atom stereocenters. The maximum Gasteiger partial charge on any atom is 0.245 e. The average molecular weight is 416 g/mol. The minimum absolute atomic E-state index is 0.0120. The first-order valence-corrected chi connectivity index (χ1v) is 9.47. The number of carbonyl (C=O) groups is 1. The largest absolute Gasteiger partial charge is 0.360 e. The highest BCUT2D eigenvalue weighted by Crippen LogP contribution is 2.20. The lowest BCUT2D eigenvalue weighted by Crippen LogP contribution is -2.28. The Morgan fingerprint density at radius 2 is 2.00 bits per heavy atom. The van der Waals surface area contributed by atoms with Crippen molar-refractivity contribution in [1.29, 1.82) is 0 Å². The van der Waals surface area contributed by atoms with Gasteiger partial charge in [0, 0.05) is 23.1 Å². The third kappa shape index (κ3) is 4.43. The first-order chi connectivity index (χ1) is 11.2. The maximum atomic E-state index is 12.2. The van der Waals surface area contributed by atoms with E-state index in [9.17, 15) is 13.2 Å². The molecular formula is C15H18BrN3O4S. The van der Waals surface area contributed by atoms with Gasteiger partial charge in [0.2, 0.25) is 15.9 Å². The highest BCUT2D eigenvalue weighted by Gasteiger charge is 2.23. The van der Waals surface area contributed by atoms with E-state index < -0.39 is 10.0 Å². The summed E-state index contributed by atoms with van der Waals surface area (Å²) >= 11 is 3.35. The van der Waals surface area contributed by atoms with Gasteiger partial charge in [0.1, 0.15) is 10.6 Å². The highest BCUT2D eigenvalue weighted by molar-refractivity contribution is 9.10. The fourth-order valence-corrected chi connectivity index (χ4v) is 4.04. The van der Waals surface area contributed by atoms with Crippen LogP contribution in [-0.4, -0.2) is 26.0 Å². The minimum atomic E-state index is -3.75. The van der Waals surface area contributed by atoms with Gasteiger partial charge in [0.15, 0.2) is 5.76 Å². The second-order valence-corrected chi connectivity index (χ2v) is 7.93. The number of hydrogen-bond donors (Lipinski definition) is 2. The Morgan fingerprint density at radius 3 is 2.58 bits per heavy atom. The van der Waals surface area contributed by atoms with E-state index in [1.165, 1.54) is 6.92 Å². The molecule has 2 rings (SSSR count). The standard InChI is InChI=1S/C15H18BrN3O4S/c1-9-8-12(16)4-5-13(9)18-14(20)6-7-17-24(21,22)15-10(2)19-23-11(15)3/h4-5,8,17H,6-7H2,1-3H3,(H,18,20). The summed E-state index contributed by atoms with van der Waals surface area (Å²) in [5, 5.41) is 6.38. The number of carbonyl (C=O) groups excluding carboxylic acids is 1. The highest BCUT2D eigenvalue weighted by atomic mass is 79.9. The van der Waals surface area contributed by atoms with Crippen LogP contribution >= 0.6 is 15.9 Å². The molecule has 0 aliphatic heterocycles. The summed E-state index contributed by atoms with van der Waals surface area (Å²) in [6.45, 7) is 4.93. The zero-order chi connectivity index (χ0) is 17.9. The van der Waals surface area contributed by atoms with Crippen molar-refractivity contribution in [2.75, 3.05) is 11.9 Å². The van der Waals surface area contributed by atoms with Gasteiger partial charge in [-0.2, -0.15) is 0 Å². The number of anilines is 1. The zero-order valence-electron chi connectivity index (χ0n) is 13.5. The number of hydrogen-bond acceptors (Lipinski definition) is 5. The van der Waals surface area contributed by atoms with E-state index >= 15 is 0 Å². The normalized spacial score (nSPS) is 11.5. The maximum absolute atomic E-state index is 12.2. The van der Waals surface area contributed by atoms with Crippen molar-refractivity contribution in [3.63, 3.8) is 0 Å². The van der Waals surface area contributed by atoms with Crippen molar-refractivity contribution in [2.24, 2.45) is 0 Å². The molecule has 2 aromatic rings. The molecule has 0 radical (unpaired) electrons. The number of halogens is 1. The average Bonchev–Trinajstić information content (AvgIpc) is 2.81. The Kier molecular flexibility index (Phi) is 5.79. The molecule has 7 nitrogen and oxygen atoms in total. The van der Waals surface area contributed by atoms with E-state index in [2.05, 4.69) is 31.1 Å². The second kappa shape index (κ2) is 7.45. The number of rotatable bonds is 6. The van der Waals surface area contributed by atoms with Crippen LogP contribution in [0.25, 0.3) is 0 Å². The number of amides is 1. The smallest absolute Gasteiger partial charge is 0.245 e. The molecule has 0 saturated heterocycles. The van der Waals surface area contributed by atoms with Crippen LogP contribution in [0.1, 0.15) is 23.4 Å². The van der Waals surface area contributed by atoms with Crippen LogP contribution in [0.4, 0.5) is 5.69 Å². The molecule has 1 aromatic heterocycles. The quantitative estimate of drug-likeness (QED) is 0.754. The van der Waals surface area contributed by atoms with Crippen LogP contribution in [0.15, 0.2) is 32.1 Å². The molecule has 24 heavy (non-hydrogen) atoms. The van der Waals surface area contributed by atoms with Gasteiger partial charge in [0.05, 0.1) is 0 Å². The van der Waals surface area contributed by atoms with E-state index in [0.717, 1.165) is 10.0 Å². The molecule has 0 bridgehead atoms. The molecule has 9 heteroatoms. The summed E-state index contributed by atoms with van der Waals surface area (Å²) < 4.78 is 32.6. The van der Waals surface area contributed by atoms with E-state index in [0.29, 0.717) is 5.69 Å². The summed E-state index contributed by atoms with van der Waals surface area (Å²) in [4.78, 5) is 12.0. The van der Waals surface area contributed by atoms with Crippen molar-refractivity contribution in [3.05, 3.63) is 39.7 Å². The van der Waals surface area contributed by atoms with Gasteiger partial charge in [-0.1, -0.05) is 21.1 Å². The van der Waals surface area contributed by atoms with Gasteiger partial charge in [-0.05, 0) is 44.5 Å².